The molecule has 1 atom stereocenters. The van der Waals surface area contributed by atoms with Gasteiger partial charge in [0.1, 0.15) is 0 Å². The van der Waals surface area contributed by atoms with Gasteiger partial charge in [-0.1, -0.05) is 6.92 Å². The number of fused-ring (bicyclic) bond motifs is 1. The molecule has 19 heavy (non-hydrogen) atoms. The van der Waals surface area contributed by atoms with Crippen LogP contribution in [0.15, 0.2) is 6.07 Å². The predicted octanol–water partition coefficient (Wildman–Crippen LogP) is 1.61. The molecule has 1 aliphatic carbocycles. The largest absolute Gasteiger partial charge is 0.481 e. The van der Waals surface area contributed by atoms with Gasteiger partial charge >= 0.3 is 5.97 Å². The number of thiophene rings is 1. The molecule has 1 aliphatic rings. The third kappa shape index (κ3) is 2.25. The van der Waals surface area contributed by atoms with Gasteiger partial charge in [-0.15, -0.1) is 16.4 Å². The third-order valence-corrected chi connectivity index (χ3v) is 4.60. The highest BCUT2D eigenvalue weighted by molar-refractivity contribution is 7.15. The molecule has 3 rings (SSSR count). The van der Waals surface area contributed by atoms with E-state index in [-0.39, 0.29) is 0 Å². The van der Waals surface area contributed by atoms with Gasteiger partial charge in [0.15, 0.2) is 5.82 Å². The van der Waals surface area contributed by atoms with Crippen LogP contribution in [0.1, 0.15) is 23.8 Å². The summed E-state index contributed by atoms with van der Waals surface area (Å²) in [6, 6.07) is 2.14. The molecule has 2 heterocycles. The number of tetrazole rings is 1. The molecule has 0 fully saturated rings. The van der Waals surface area contributed by atoms with Crippen molar-refractivity contribution in [2.24, 2.45) is 5.92 Å². The number of carboxylic acids is 1. The molecule has 100 valence electrons. The minimum absolute atomic E-state index is 0.292. The number of carboxylic acid groups (broad SMARTS) is 1. The van der Waals surface area contributed by atoms with E-state index in [1.165, 1.54) is 16.9 Å². The Labute approximate surface area is 114 Å². The Balaban J connectivity index is 1.88. The monoisotopic (exact) mass is 278 g/mol. The van der Waals surface area contributed by atoms with E-state index in [1.54, 1.807) is 22.9 Å². The van der Waals surface area contributed by atoms with Crippen LogP contribution in [-0.4, -0.2) is 31.3 Å². The zero-order valence-corrected chi connectivity index (χ0v) is 11.4. The fourth-order valence-electron chi connectivity index (χ4n) is 2.28. The lowest BCUT2D eigenvalue weighted by Crippen LogP contribution is -2.18. The number of hydrogen-bond acceptors (Lipinski definition) is 5. The van der Waals surface area contributed by atoms with E-state index in [1.807, 2.05) is 0 Å². The summed E-state index contributed by atoms with van der Waals surface area (Å²) in [4.78, 5) is 13.4. The van der Waals surface area contributed by atoms with E-state index in [0.717, 1.165) is 17.7 Å². The first-order chi connectivity index (χ1) is 9.15. The molecule has 0 amide bonds. The van der Waals surface area contributed by atoms with E-state index >= 15 is 0 Å². The molecule has 0 saturated carbocycles. The van der Waals surface area contributed by atoms with Crippen LogP contribution >= 0.6 is 11.3 Å². The predicted molar refractivity (Wildman–Crippen MR) is 70.0 cm³/mol. The minimum atomic E-state index is -0.838. The van der Waals surface area contributed by atoms with Gasteiger partial charge in [-0.05, 0) is 41.3 Å². The van der Waals surface area contributed by atoms with Crippen LogP contribution in [0.25, 0.3) is 10.7 Å². The topological polar surface area (TPSA) is 80.9 Å². The Hall–Kier alpha value is -1.76. The van der Waals surface area contributed by atoms with Crippen LogP contribution in [0.3, 0.4) is 0 Å². The molecule has 0 radical (unpaired) electrons. The summed E-state index contributed by atoms with van der Waals surface area (Å²) in [5.74, 6) is -0.670. The lowest BCUT2D eigenvalue weighted by Gasteiger charge is -2.06. The van der Waals surface area contributed by atoms with Crippen molar-refractivity contribution in [3.8, 4) is 10.7 Å². The molecule has 2 aromatic rings. The fourth-order valence-corrected chi connectivity index (χ4v) is 3.52. The van der Waals surface area contributed by atoms with E-state index in [9.17, 15) is 4.79 Å². The Morgan fingerprint density at radius 2 is 2.42 bits per heavy atom. The fraction of sp³-hybridized carbons (Fsp3) is 0.500. The van der Waals surface area contributed by atoms with Crippen LogP contribution < -0.4 is 0 Å². The standard InChI is InChI=1S/C12H14N4O2S/c1-7(12(17)18)6-16-11(13-14-15-16)10-5-8-3-2-4-9(8)19-10/h5,7H,2-4,6H2,1H3,(H,17,18). The normalized spacial score (nSPS) is 15.4. The maximum atomic E-state index is 10.9. The van der Waals surface area contributed by atoms with E-state index in [0.29, 0.717) is 12.4 Å². The van der Waals surface area contributed by atoms with Gasteiger partial charge in [-0.25, -0.2) is 4.68 Å². The Morgan fingerprint density at radius 1 is 1.58 bits per heavy atom. The number of aromatic nitrogens is 4. The lowest BCUT2D eigenvalue weighted by atomic mass is 10.2. The number of rotatable bonds is 4. The number of aliphatic carboxylic acids is 1. The van der Waals surface area contributed by atoms with Crippen molar-refractivity contribution in [2.75, 3.05) is 0 Å². The highest BCUT2D eigenvalue weighted by Crippen LogP contribution is 2.35. The van der Waals surface area contributed by atoms with E-state index in [2.05, 4.69) is 21.6 Å². The van der Waals surface area contributed by atoms with Crippen LogP contribution in [0.5, 0.6) is 0 Å². The average molecular weight is 278 g/mol. The zero-order chi connectivity index (χ0) is 13.4. The lowest BCUT2D eigenvalue weighted by molar-refractivity contribution is -0.141. The molecular formula is C12H14N4O2S. The van der Waals surface area contributed by atoms with E-state index < -0.39 is 11.9 Å². The Morgan fingerprint density at radius 3 is 3.16 bits per heavy atom. The summed E-state index contributed by atoms with van der Waals surface area (Å²) >= 11 is 1.72. The van der Waals surface area contributed by atoms with Crippen molar-refractivity contribution in [1.29, 1.82) is 0 Å². The molecule has 1 N–H and O–H groups in total. The van der Waals surface area contributed by atoms with Gasteiger partial charge in [0.2, 0.25) is 0 Å². The number of carbonyl (C=O) groups is 1. The van der Waals surface area contributed by atoms with Gasteiger partial charge < -0.3 is 5.11 Å². The van der Waals surface area contributed by atoms with Crippen molar-refractivity contribution in [3.63, 3.8) is 0 Å². The first-order valence-electron chi connectivity index (χ1n) is 6.26. The first-order valence-corrected chi connectivity index (χ1v) is 7.07. The van der Waals surface area contributed by atoms with Crippen LogP contribution in [0, 0.1) is 5.92 Å². The Bertz CT molecular complexity index is 598. The summed E-state index contributed by atoms with van der Waals surface area (Å²) in [6.07, 6.45) is 3.48. The second kappa shape index (κ2) is 4.73. The van der Waals surface area contributed by atoms with Crippen molar-refractivity contribution in [1.82, 2.24) is 20.2 Å². The van der Waals surface area contributed by atoms with Crippen LogP contribution in [0.4, 0.5) is 0 Å². The van der Waals surface area contributed by atoms with Gasteiger partial charge in [-0.2, -0.15) is 0 Å². The smallest absolute Gasteiger partial charge is 0.308 e. The number of nitrogens with zero attached hydrogens (tertiary/aromatic N) is 4. The summed E-state index contributed by atoms with van der Waals surface area (Å²) in [5, 5.41) is 20.6. The minimum Gasteiger partial charge on any atom is -0.481 e. The summed E-state index contributed by atoms with van der Waals surface area (Å²) < 4.78 is 1.58. The molecule has 0 aliphatic heterocycles. The summed E-state index contributed by atoms with van der Waals surface area (Å²) in [5.41, 5.74) is 1.39. The zero-order valence-electron chi connectivity index (χ0n) is 10.5. The third-order valence-electron chi connectivity index (χ3n) is 3.37. The highest BCUT2D eigenvalue weighted by atomic mass is 32.1. The highest BCUT2D eigenvalue weighted by Gasteiger charge is 2.21. The molecule has 7 heteroatoms. The quantitative estimate of drug-likeness (QED) is 0.919. The van der Waals surface area contributed by atoms with E-state index in [4.69, 9.17) is 5.11 Å². The maximum absolute atomic E-state index is 10.9. The molecule has 0 spiro atoms. The van der Waals surface area contributed by atoms with Crippen LogP contribution in [-0.2, 0) is 24.2 Å². The molecule has 1 unspecified atom stereocenters. The summed E-state index contributed by atoms with van der Waals surface area (Å²) in [7, 11) is 0. The van der Waals surface area contributed by atoms with Crippen molar-refractivity contribution < 1.29 is 9.90 Å². The molecule has 6 nitrogen and oxygen atoms in total. The second-order valence-corrected chi connectivity index (χ2v) is 5.97. The van der Waals surface area contributed by atoms with Gasteiger partial charge in [0.05, 0.1) is 17.3 Å². The maximum Gasteiger partial charge on any atom is 0.308 e. The van der Waals surface area contributed by atoms with Gasteiger partial charge in [0.25, 0.3) is 0 Å². The van der Waals surface area contributed by atoms with Crippen molar-refractivity contribution >= 4 is 17.3 Å². The average Bonchev–Trinajstić information content (AvgIpc) is 3.00. The van der Waals surface area contributed by atoms with Gasteiger partial charge in [0, 0.05) is 4.88 Å². The summed E-state index contributed by atoms with van der Waals surface area (Å²) in [6.45, 7) is 1.95. The first kappa shape index (κ1) is 12.3. The molecule has 0 aromatic carbocycles. The van der Waals surface area contributed by atoms with Crippen molar-refractivity contribution in [3.05, 3.63) is 16.5 Å². The van der Waals surface area contributed by atoms with Gasteiger partial charge in [-0.3, -0.25) is 4.79 Å². The Kier molecular flexibility index (Phi) is 3.06. The molecular weight excluding hydrogens is 264 g/mol. The van der Waals surface area contributed by atoms with Crippen molar-refractivity contribution in [2.45, 2.75) is 32.7 Å². The second-order valence-electron chi connectivity index (χ2n) is 4.84. The molecule has 0 saturated heterocycles. The number of aryl methyl sites for hydroxylation is 2. The molecule has 2 aromatic heterocycles. The molecule has 0 bridgehead atoms. The SMILES string of the molecule is CC(Cn1nnnc1-c1cc2c(s1)CCC2)C(=O)O. The number of hydrogen-bond donors (Lipinski definition) is 1. The van der Waals surface area contributed by atoms with Crippen LogP contribution in [0.2, 0.25) is 0 Å².